The number of hydrogen-bond acceptors (Lipinski definition) is 3. The van der Waals surface area contributed by atoms with Gasteiger partial charge >= 0.3 is 6.09 Å². The van der Waals surface area contributed by atoms with E-state index >= 15 is 0 Å². The van der Waals surface area contributed by atoms with E-state index in [1.54, 1.807) is 14.1 Å². The number of nitrogens with two attached hydrogens (primary N) is 1. The Labute approximate surface area is 107 Å². The lowest BCUT2D eigenvalue weighted by molar-refractivity contribution is -0.137. The Morgan fingerprint density at radius 1 is 1.28 bits per heavy atom. The summed E-state index contributed by atoms with van der Waals surface area (Å²) in [5.41, 5.74) is 6.05. The summed E-state index contributed by atoms with van der Waals surface area (Å²) in [6.07, 6.45) is -0.677. The van der Waals surface area contributed by atoms with E-state index < -0.39 is 12.2 Å². The quantitative estimate of drug-likeness (QED) is 0.852. The molecular weight excluding hydrogens is 232 g/mol. The molecule has 0 saturated heterocycles. The van der Waals surface area contributed by atoms with Crippen LogP contribution in [0.2, 0.25) is 0 Å². The molecule has 1 atom stereocenters. The van der Waals surface area contributed by atoms with E-state index in [1.165, 1.54) is 4.90 Å². The number of nitrogens with zero attached hydrogens (tertiary/aromatic N) is 1. The highest BCUT2D eigenvalue weighted by molar-refractivity contribution is 5.82. The first-order chi connectivity index (χ1) is 8.50. The summed E-state index contributed by atoms with van der Waals surface area (Å²) in [5, 5.41) is 0. The van der Waals surface area contributed by atoms with E-state index in [-0.39, 0.29) is 5.91 Å². The van der Waals surface area contributed by atoms with Gasteiger partial charge in [0, 0.05) is 14.1 Å². The highest BCUT2D eigenvalue weighted by Gasteiger charge is 2.23. The monoisotopic (exact) mass is 250 g/mol. The van der Waals surface area contributed by atoms with Crippen molar-refractivity contribution in [3.05, 3.63) is 35.9 Å². The molecule has 0 bridgehead atoms. The van der Waals surface area contributed by atoms with Gasteiger partial charge in [0.05, 0.1) is 0 Å². The Kier molecular flexibility index (Phi) is 5.17. The van der Waals surface area contributed by atoms with Crippen LogP contribution in [0.25, 0.3) is 0 Å². The maximum atomic E-state index is 11.8. The molecule has 5 nitrogen and oxygen atoms in total. The molecule has 1 aromatic rings. The van der Waals surface area contributed by atoms with E-state index in [2.05, 4.69) is 0 Å². The van der Waals surface area contributed by atoms with E-state index in [0.717, 1.165) is 5.56 Å². The molecule has 1 aromatic carbocycles. The second-order valence-corrected chi connectivity index (χ2v) is 4.18. The molecule has 1 rings (SSSR count). The van der Waals surface area contributed by atoms with Crippen molar-refractivity contribution in [2.75, 3.05) is 14.1 Å². The van der Waals surface area contributed by atoms with Crippen molar-refractivity contribution < 1.29 is 14.3 Å². The van der Waals surface area contributed by atoms with Crippen LogP contribution in [0.1, 0.15) is 12.0 Å². The Morgan fingerprint density at radius 2 is 1.89 bits per heavy atom. The minimum Gasteiger partial charge on any atom is -0.436 e. The first-order valence-corrected chi connectivity index (χ1v) is 5.72. The normalized spacial score (nSPS) is 11.7. The molecule has 0 aliphatic heterocycles. The third-order valence-corrected chi connectivity index (χ3v) is 2.51. The summed E-state index contributed by atoms with van der Waals surface area (Å²) in [7, 11) is 3.23. The van der Waals surface area contributed by atoms with Crippen LogP contribution in [0.4, 0.5) is 4.79 Å². The van der Waals surface area contributed by atoms with Crippen molar-refractivity contribution in [1.29, 1.82) is 0 Å². The molecule has 0 fully saturated rings. The van der Waals surface area contributed by atoms with Gasteiger partial charge in [0.25, 0.3) is 5.91 Å². The molecule has 98 valence electrons. The molecule has 5 heteroatoms. The van der Waals surface area contributed by atoms with Crippen molar-refractivity contribution in [2.24, 2.45) is 5.73 Å². The smallest absolute Gasteiger partial charge is 0.405 e. The SMILES string of the molecule is CN(C)C(=O)[C@@H](CCc1ccccc1)OC(N)=O. The van der Waals surface area contributed by atoms with Gasteiger partial charge in [-0.25, -0.2) is 4.79 Å². The fourth-order valence-corrected chi connectivity index (χ4v) is 1.60. The number of primary amides is 1. The predicted octanol–water partition coefficient (Wildman–Crippen LogP) is 1.17. The fourth-order valence-electron chi connectivity index (χ4n) is 1.60. The minimum atomic E-state index is -0.928. The van der Waals surface area contributed by atoms with Gasteiger partial charge < -0.3 is 15.4 Å². The Morgan fingerprint density at radius 3 is 2.39 bits per heavy atom. The molecule has 0 saturated carbocycles. The van der Waals surface area contributed by atoms with Gasteiger partial charge in [0.2, 0.25) is 0 Å². The van der Waals surface area contributed by atoms with E-state index in [4.69, 9.17) is 10.5 Å². The Hall–Kier alpha value is -2.04. The topological polar surface area (TPSA) is 72.6 Å². The van der Waals surface area contributed by atoms with Gasteiger partial charge in [-0.1, -0.05) is 30.3 Å². The van der Waals surface area contributed by atoms with Crippen LogP contribution in [0, 0.1) is 0 Å². The average molecular weight is 250 g/mol. The second kappa shape index (κ2) is 6.64. The van der Waals surface area contributed by atoms with Crippen LogP contribution >= 0.6 is 0 Å². The zero-order valence-corrected chi connectivity index (χ0v) is 10.6. The molecule has 18 heavy (non-hydrogen) atoms. The minimum absolute atomic E-state index is 0.260. The molecule has 0 radical (unpaired) electrons. The van der Waals surface area contributed by atoms with Crippen molar-refractivity contribution >= 4 is 12.0 Å². The van der Waals surface area contributed by atoms with Crippen molar-refractivity contribution in [3.63, 3.8) is 0 Å². The lowest BCUT2D eigenvalue weighted by atomic mass is 10.1. The number of hydrogen-bond donors (Lipinski definition) is 1. The van der Waals surface area contributed by atoms with Crippen LogP contribution in [-0.2, 0) is 16.0 Å². The zero-order chi connectivity index (χ0) is 13.5. The number of amides is 2. The predicted molar refractivity (Wildman–Crippen MR) is 67.9 cm³/mol. The van der Waals surface area contributed by atoms with Crippen molar-refractivity contribution in [2.45, 2.75) is 18.9 Å². The lowest BCUT2D eigenvalue weighted by Gasteiger charge is -2.19. The first-order valence-electron chi connectivity index (χ1n) is 5.72. The number of ether oxygens (including phenoxy) is 1. The first kappa shape index (κ1) is 14.0. The van der Waals surface area contributed by atoms with Crippen molar-refractivity contribution in [3.8, 4) is 0 Å². The highest BCUT2D eigenvalue weighted by Crippen LogP contribution is 2.09. The maximum Gasteiger partial charge on any atom is 0.405 e. The molecule has 2 N–H and O–H groups in total. The van der Waals surface area contributed by atoms with Crippen LogP contribution in [0.3, 0.4) is 0 Å². The van der Waals surface area contributed by atoms with E-state index in [1.807, 2.05) is 30.3 Å². The number of carbonyl (C=O) groups excluding carboxylic acids is 2. The molecule has 0 aliphatic carbocycles. The molecule has 0 spiro atoms. The van der Waals surface area contributed by atoms with Crippen LogP contribution in [0.5, 0.6) is 0 Å². The van der Waals surface area contributed by atoms with E-state index in [9.17, 15) is 9.59 Å². The molecular formula is C13H18N2O3. The summed E-state index contributed by atoms with van der Waals surface area (Å²) >= 11 is 0. The Bertz CT molecular complexity index is 404. The molecule has 0 unspecified atom stereocenters. The molecule has 2 amide bonds. The summed E-state index contributed by atoms with van der Waals surface area (Å²) < 4.78 is 4.84. The third-order valence-electron chi connectivity index (χ3n) is 2.51. The summed E-state index contributed by atoms with van der Waals surface area (Å²) in [6, 6.07) is 9.69. The number of benzene rings is 1. The van der Waals surface area contributed by atoms with Gasteiger partial charge in [0.1, 0.15) is 0 Å². The average Bonchev–Trinajstić information content (AvgIpc) is 2.34. The fraction of sp³-hybridized carbons (Fsp3) is 0.385. The lowest BCUT2D eigenvalue weighted by Crippen LogP contribution is -2.38. The van der Waals surface area contributed by atoms with Gasteiger partial charge in [0.15, 0.2) is 6.10 Å². The molecule has 0 aliphatic rings. The highest BCUT2D eigenvalue weighted by atomic mass is 16.6. The largest absolute Gasteiger partial charge is 0.436 e. The summed E-state index contributed by atoms with van der Waals surface area (Å²) in [4.78, 5) is 24.0. The van der Waals surface area contributed by atoms with Crippen LogP contribution in [0.15, 0.2) is 30.3 Å². The molecule has 0 aromatic heterocycles. The van der Waals surface area contributed by atoms with Gasteiger partial charge in [-0.3, -0.25) is 4.79 Å². The third kappa shape index (κ3) is 4.45. The standard InChI is InChI=1S/C13H18N2O3/c1-15(2)12(16)11(18-13(14)17)9-8-10-6-4-3-5-7-10/h3-7,11H,8-9H2,1-2H3,(H2,14,17)/t11-/m1/s1. The zero-order valence-electron chi connectivity index (χ0n) is 10.6. The Balaban J connectivity index is 2.61. The van der Waals surface area contributed by atoms with Gasteiger partial charge in [-0.05, 0) is 18.4 Å². The summed E-state index contributed by atoms with van der Waals surface area (Å²) in [5.74, 6) is -0.260. The maximum absolute atomic E-state index is 11.8. The van der Waals surface area contributed by atoms with Gasteiger partial charge in [-0.2, -0.15) is 0 Å². The number of carbonyl (C=O) groups is 2. The second-order valence-electron chi connectivity index (χ2n) is 4.18. The van der Waals surface area contributed by atoms with Crippen LogP contribution in [-0.4, -0.2) is 37.1 Å². The number of likely N-dealkylation sites (N-methyl/N-ethyl adjacent to an activating group) is 1. The summed E-state index contributed by atoms with van der Waals surface area (Å²) in [6.45, 7) is 0. The number of rotatable bonds is 5. The van der Waals surface area contributed by atoms with E-state index in [0.29, 0.717) is 12.8 Å². The van der Waals surface area contributed by atoms with Crippen molar-refractivity contribution in [1.82, 2.24) is 4.90 Å². The number of aryl methyl sites for hydroxylation is 1. The van der Waals surface area contributed by atoms with Gasteiger partial charge in [-0.15, -0.1) is 0 Å². The van der Waals surface area contributed by atoms with Crippen LogP contribution < -0.4 is 5.73 Å². The molecule has 0 heterocycles.